The standard InChI is InChI=1S/C23H22F3N3O5/c1-4-34-22(31)18-13-27-29(21(18)23(24,25)26)16-8-6-15(7-9-16)28-20(30)11-14-5-10-17(32-2)12-19(14)33-3/h5-10,12-13H,4,11H2,1-3H3,(H,28,30). The highest BCUT2D eigenvalue weighted by Gasteiger charge is 2.41. The Balaban J connectivity index is 1.78. The quantitative estimate of drug-likeness (QED) is 0.488. The van der Waals surface area contributed by atoms with Gasteiger partial charge in [-0.05, 0) is 37.3 Å². The molecule has 0 aliphatic rings. The molecule has 1 aromatic heterocycles. The predicted octanol–water partition coefficient (Wildman–Crippen LogP) is 4.27. The van der Waals surface area contributed by atoms with Crippen molar-refractivity contribution in [1.29, 1.82) is 0 Å². The van der Waals surface area contributed by atoms with Gasteiger partial charge in [0.2, 0.25) is 5.91 Å². The van der Waals surface area contributed by atoms with Gasteiger partial charge in [0.1, 0.15) is 17.1 Å². The number of alkyl halides is 3. The van der Waals surface area contributed by atoms with Crippen molar-refractivity contribution in [3.63, 3.8) is 0 Å². The molecule has 0 fully saturated rings. The summed E-state index contributed by atoms with van der Waals surface area (Å²) in [6, 6.07) is 10.6. The first-order valence-electron chi connectivity index (χ1n) is 10.1. The van der Waals surface area contributed by atoms with Gasteiger partial charge in [0.25, 0.3) is 0 Å². The molecule has 0 radical (unpaired) electrons. The molecule has 0 aliphatic carbocycles. The van der Waals surface area contributed by atoms with Crippen molar-refractivity contribution in [3.05, 3.63) is 65.5 Å². The van der Waals surface area contributed by atoms with Crippen LogP contribution in [0.4, 0.5) is 18.9 Å². The molecule has 8 nitrogen and oxygen atoms in total. The second-order valence-electron chi connectivity index (χ2n) is 6.99. The zero-order valence-corrected chi connectivity index (χ0v) is 18.6. The van der Waals surface area contributed by atoms with E-state index in [9.17, 15) is 22.8 Å². The summed E-state index contributed by atoms with van der Waals surface area (Å²) in [6.45, 7) is 1.42. The topological polar surface area (TPSA) is 91.7 Å². The maximum Gasteiger partial charge on any atom is 0.434 e. The normalized spacial score (nSPS) is 11.1. The van der Waals surface area contributed by atoms with Gasteiger partial charge < -0.3 is 19.5 Å². The molecule has 2 aromatic carbocycles. The fraction of sp³-hybridized carbons (Fsp3) is 0.261. The van der Waals surface area contributed by atoms with Crippen molar-refractivity contribution in [2.75, 3.05) is 26.1 Å². The molecular formula is C23H22F3N3O5. The summed E-state index contributed by atoms with van der Waals surface area (Å²) in [7, 11) is 3.00. The molecule has 3 aromatic rings. The SMILES string of the molecule is CCOC(=O)c1cnn(-c2ccc(NC(=O)Cc3ccc(OC)cc3OC)cc2)c1C(F)(F)F. The number of esters is 1. The van der Waals surface area contributed by atoms with Gasteiger partial charge in [-0.15, -0.1) is 0 Å². The fourth-order valence-corrected chi connectivity index (χ4v) is 3.24. The lowest BCUT2D eigenvalue weighted by Gasteiger charge is -2.13. The number of hydrogen-bond acceptors (Lipinski definition) is 6. The summed E-state index contributed by atoms with van der Waals surface area (Å²) in [6.07, 6.45) is -4.02. The van der Waals surface area contributed by atoms with Crippen LogP contribution in [0.3, 0.4) is 0 Å². The van der Waals surface area contributed by atoms with Crippen LogP contribution >= 0.6 is 0 Å². The zero-order chi connectivity index (χ0) is 24.9. The maximum absolute atomic E-state index is 13.7. The minimum Gasteiger partial charge on any atom is -0.497 e. The van der Waals surface area contributed by atoms with Gasteiger partial charge in [0, 0.05) is 17.3 Å². The lowest BCUT2D eigenvalue weighted by molar-refractivity contribution is -0.143. The van der Waals surface area contributed by atoms with Crippen LogP contribution in [0.2, 0.25) is 0 Å². The van der Waals surface area contributed by atoms with E-state index in [1.54, 1.807) is 18.2 Å². The van der Waals surface area contributed by atoms with E-state index in [0.29, 0.717) is 27.4 Å². The van der Waals surface area contributed by atoms with E-state index in [-0.39, 0.29) is 24.6 Å². The first-order valence-corrected chi connectivity index (χ1v) is 10.1. The minimum atomic E-state index is -4.84. The number of rotatable bonds is 8. The molecular weight excluding hydrogens is 455 g/mol. The van der Waals surface area contributed by atoms with Gasteiger partial charge in [0.15, 0.2) is 5.69 Å². The van der Waals surface area contributed by atoms with Crippen LogP contribution < -0.4 is 14.8 Å². The average molecular weight is 477 g/mol. The minimum absolute atomic E-state index is 0.00912. The third-order valence-electron chi connectivity index (χ3n) is 4.77. The Bertz CT molecular complexity index is 1170. The second kappa shape index (κ2) is 10.3. The second-order valence-corrected chi connectivity index (χ2v) is 6.99. The van der Waals surface area contributed by atoms with Crippen molar-refractivity contribution in [3.8, 4) is 17.2 Å². The smallest absolute Gasteiger partial charge is 0.434 e. The van der Waals surface area contributed by atoms with Gasteiger partial charge in [-0.3, -0.25) is 4.79 Å². The van der Waals surface area contributed by atoms with Crippen LogP contribution in [-0.2, 0) is 22.1 Å². The van der Waals surface area contributed by atoms with Gasteiger partial charge in [-0.25, -0.2) is 9.48 Å². The van der Waals surface area contributed by atoms with Gasteiger partial charge >= 0.3 is 12.1 Å². The van der Waals surface area contributed by atoms with E-state index in [1.165, 1.54) is 45.4 Å². The van der Waals surface area contributed by atoms with Crippen molar-refractivity contribution < 1.29 is 37.0 Å². The Kier molecular flexibility index (Phi) is 7.44. The van der Waals surface area contributed by atoms with E-state index < -0.39 is 23.4 Å². The highest BCUT2D eigenvalue weighted by molar-refractivity contribution is 5.93. The summed E-state index contributed by atoms with van der Waals surface area (Å²) in [5.41, 5.74) is -0.866. The first kappa shape index (κ1) is 24.6. The number of nitrogens with zero attached hydrogens (tertiary/aromatic N) is 2. The molecule has 11 heteroatoms. The number of hydrogen-bond donors (Lipinski definition) is 1. The van der Waals surface area contributed by atoms with Crippen molar-refractivity contribution in [2.24, 2.45) is 0 Å². The number of halogens is 3. The Morgan fingerprint density at radius 3 is 2.35 bits per heavy atom. The van der Waals surface area contributed by atoms with Gasteiger partial charge in [-0.2, -0.15) is 18.3 Å². The number of nitrogens with one attached hydrogen (secondary N) is 1. The highest BCUT2D eigenvalue weighted by Crippen LogP contribution is 2.34. The molecule has 180 valence electrons. The lowest BCUT2D eigenvalue weighted by atomic mass is 10.1. The van der Waals surface area contributed by atoms with Crippen molar-refractivity contribution >= 4 is 17.6 Å². The Hall–Kier alpha value is -4.02. The number of anilines is 1. The van der Waals surface area contributed by atoms with E-state index >= 15 is 0 Å². The van der Waals surface area contributed by atoms with Crippen LogP contribution in [0.15, 0.2) is 48.7 Å². The summed E-state index contributed by atoms with van der Waals surface area (Å²) in [5.74, 6) is -0.394. The van der Waals surface area contributed by atoms with Crippen LogP contribution in [0.5, 0.6) is 11.5 Å². The predicted molar refractivity (Wildman–Crippen MR) is 116 cm³/mol. The molecule has 0 atom stereocenters. The van der Waals surface area contributed by atoms with Crippen LogP contribution in [0.25, 0.3) is 5.69 Å². The summed E-state index contributed by atoms with van der Waals surface area (Å²) in [5, 5.41) is 6.40. The average Bonchev–Trinajstić information content (AvgIpc) is 3.26. The largest absolute Gasteiger partial charge is 0.497 e. The maximum atomic E-state index is 13.7. The third kappa shape index (κ3) is 5.48. The number of aromatic nitrogens is 2. The number of amides is 1. The molecule has 1 heterocycles. The summed E-state index contributed by atoms with van der Waals surface area (Å²) >= 11 is 0. The van der Waals surface area contributed by atoms with Gasteiger partial charge in [0.05, 0.1) is 39.1 Å². The number of carbonyl (C=O) groups is 2. The molecule has 0 saturated carbocycles. The number of carbonyl (C=O) groups excluding carboxylic acids is 2. The van der Waals surface area contributed by atoms with E-state index in [1.807, 2.05) is 0 Å². The highest BCUT2D eigenvalue weighted by atomic mass is 19.4. The molecule has 1 amide bonds. The van der Waals surface area contributed by atoms with E-state index in [0.717, 1.165) is 6.20 Å². The molecule has 0 spiro atoms. The molecule has 3 rings (SSSR count). The molecule has 0 aliphatic heterocycles. The first-order chi connectivity index (χ1) is 16.2. The third-order valence-corrected chi connectivity index (χ3v) is 4.77. The van der Waals surface area contributed by atoms with E-state index in [4.69, 9.17) is 14.2 Å². The van der Waals surface area contributed by atoms with Crippen LogP contribution in [-0.4, -0.2) is 42.5 Å². The lowest BCUT2D eigenvalue weighted by Crippen LogP contribution is -2.18. The van der Waals surface area contributed by atoms with Crippen LogP contribution in [0.1, 0.15) is 28.5 Å². The molecule has 1 N–H and O–H groups in total. The Labute approximate surface area is 193 Å². The summed E-state index contributed by atoms with van der Waals surface area (Å²) in [4.78, 5) is 24.4. The Morgan fingerprint density at radius 2 is 1.76 bits per heavy atom. The van der Waals surface area contributed by atoms with E-state index in [2.05, 4.69) is 10.4 Å². The molecule has 34 heavy (non-hydrogen) atoms. The zero-order valence-electron chi connectivity index (χ0n) is 18.6. The number of benzene rings is 2. The fourth-order valence-electron chi connectivity index (χ4n) is 3.24. The number of methoxy groups -OCH3 is 2. The van der Waals surface area contributed by atoms with Crippen LogP contribution in [0, 0.1) is 0 Å². The monoisotopic (exact) mass is 477 g/mol. The molecule has 0 unspecified atom stereocenters. The molecule has 0 saturated heterocycles. The van der Waals surface area contributed by atoms with Gasteiger partial charge in [-0.1, -0.05) is 6.07 Å². The molecule has 0 bridgehead atoms. The summed E-state index contributed by atoms with van der Waals surface area (Å²) < 4.78 is 56.7. The van der Waals surface area contributed by atoms with Crippen molar-refractivity contribution in [1.82, 2.24) is 9.78 Å². The number of ether oxygens (including phenoxy) is 3. The Morgan fingerprint density at radius 1 is 1.06 bits per heavy atom. The van der Waals surface area contributed by atoms with Crippen molar-refractivity contribution in [2.45, 2.75) is 19.5 Å².